The molecule has 0 aliphatic carbocycles. The van der Waals surface area contributed by atoms with Crippen LogP contribution in [0.1, 0.15) is 0 Å². The summed E-state index contributed by atoms with van der Waals surface area (Å²) in [6.45, 7) is 20.1. The Morgan fingerprint density at radius 1 is 0.500 bits per heavy atom. The topological polar surface area (TPSA) is 0 Å². The number of benzene rings is 1. The second-order valence-corrected chi connectivity index (χ2v) is 13.8. The molecule has 147 valence electrons. The summed E-state index contributed by atoms with van der Waals surface area (Å²) in [5.41, 5.74) is 0. The Morgan fingerprint density at radius 2 is 0.667 bits per heavy atom. The zero-order valence-corrected chi connectivity index (χ0v) is 19.9. The SMILES string of the molecule is CP(C)C.CP(C)C.CP(C)C.Fc1[c-]c(F)c(F)c(F)c1F.[Rh]. The maximum absolute atomic E-state index is 12.0. The van der Waals surface area contributed by atoms with Crippen molar-refractivity contribution in [2.24, 2.45) is 0 Å². The van der Waals surface area contributed by atoms with Crippen LogP contribution in [0, 0.1) is 35.2 Å². The van der Waals surface area contributed by atoms with Crippen molar-refractivity contribution in [2.45, 2.75) is 0 Å². The van der Waals surface area contributed by atoms with Crippen molar-refractivity contribution in [3.05, 3.63) is 35.2 Å². The van der Waals surface area contributed by atoms with Crippen LogP contribution in [0.4, 0.5) is 22.0 Å². The van der Waals surface area contributed by atoms with Gasteiger partial charge in [0, 0.05) is 19.5 Å². The normalized spacial score (nSPS) is 9.21. The predicted octanol–water partition coefficient (Wildman–Crippen LogP) is 6.25. The molecule has 0 aliphatic rings. The molecule has 0 unspecified atom stereocenters. The van der Waals surface area contributed by atoms with Crippen LogP contribution < -0.4 is 0 Å². The van der Waals surface area contributed by atoms with Crippen molar-refractivity contribution in [2.75, 3.05) is 60.0 Å². The Kier molecular flexibility index (Phi) is 25.1. The van der Waals surface area contributed by atoms with Gasteiger partial charge in [0.25, 0.3) is 0 Å². The van der Waals surface area contributed by atoms with Crippen molar-refractivity contribution in [3.63, 3.8) is 0 Å². The molecule has 1 rings (SSSR count). The van der Waals surface area contributed by atoms with Gasteiger partial charge in [-0.3, -0.25) is 8.78 Å². The van der Waals surface area contributed by atoms with Crippen LogP contribution in [0.25, 0.3) is 0 Å². The standard InChI is InChI=1S/C6F5.3C3H9P.Rh/c7-2-1-3(8)5(10)6(11)4(2)9;3*1-4(2)3;/h;3*1-3H3;/q-1;;;;. The van der Waals surface area contributed by atoms with Gasteiger partial charge in [0.15, 0.2) is 0 Å². The summed E-state index contributed by atoms with van der Waals surface area (Å²) < 4.78 is 59.9. The van der Waals surface area contributed by atoms with Gasteiger partial charge in [0.1, 0.15) is 0 Å². The second kappa shape index (κ2) is 18.6. The van der Waals surface area contributed by atoms with Crippen LogP contribution in [0.2, 0.25) is 0 Å². The van der Waals surface area contributed by atoms with Crippen LogP contribution in [0.15, 0.2) is 0 Å². The Bertz CT molecular complexity index is 381. The van der Waals surface area contributed by atoms with E-state index in [0.29, 0.717) is 23.8 Å². The first-order chi connectivity index (χ1) is 10.2. The zero-order valence-electron chi connectivity index (χ0n) is 15.6. The average molecular weight is 498 g/mol. The zero-order chi connectivity index (χ0) is 19.3. The van der Waals surface area contributed by atoms with E-state index in [4.69, 9.17) is 0 Å². The molecule has 9 heteroatoms. The molecule has 0 N–H and O–H groups in total. The molecule has 0 spiro atoms. The molecule has 0 nitrogen and oxygen atoms in total. The molecule has 0 aromatic heterocycles. The van der Waals surface area contributed by atoms with Gasteiger partial charge in [0.05, 0.1) is 29.1 Å². The van der Waals surface area contributed by atoms with Gasteiger partial charge < -0.3 is 0 Å². The fraction of sp³-hybridized carbons (Fsp3) is 0.600. The van der Waals surface area contributed by atoms with Gasteiger partial charge in [-0.1, -0.05) is 0 Å². The van der Waals surface area contributed by atoms with E-state index in [0.717, 1.165) is 6.07 Å². The van der Waals surface area contributed by atoms with Gasteiger partial charge in [-0.25, -0.2) is 13.2 Å². The van der Waals surface area contributed by atoms with E-state index < -0.39 is 29.1 Å². The van der Waals surface area contributed by atoms with E-state index in [9.17, 15) is 22.0 Å². The first-order valence-corrected chi connectivity index (χ1v) is 14.5. The number of rotatable bonds is 0. The Labute approximate surface area is 160 Å². The van der Waals surface area contributed by atoms with Crippen LogP contribution in [0.5, 0.6) is 0 Å². The second-order valence-electron chi connectivity index (χ2n) is 5.72. The molecule has 0 aliphatic heterocycles. The average Bonchev–Trinajstić information content (AvgIpc) is 2.32. The molecule has 1 aromatic rings. The van der Waals surface area contributed by atoms with Crippen LogP contribution in [-0.2, 0) is 19.5 Å². The Balaban J connectivity index is -0.000000130. The maximum atomic E-state index is 12.0. The van der Waals surface area contributed by atoms with Crippen LogP contribution in [-0.4, -0.2) is 60.0 Å². The van der Waals surface area contributed by atoms with Crippen molar-refractivity contribution in [3.8, 4) is 0 Å². The first kappa shape index (κ1) is 32.5. The van der Waals surface area contributed by atoms with Gasteiger partial charge in [0.2, 0.25) is 0 Å². The Hall–Kier alpha value is 0.783. The largest absolute Gasteiger partial charge is 0.278 e. The molecule has 0 saturated carbocycles. The molecule has 0 fully saturated rings. The summed E-state index contributed by atoms with van der Waals surface area (Å²) in [5, 5.41) is 0. The molecule has 1 aromatic carbocycles. The van der Waals surface area contributed by atoms with E-state index in [1.807, 2.05) is 0 Å². The Morgan fingerprint density at radius 3 is 0.833 bits per heavy atom. The third-order valence-corrected chi connectivity index (χ3v) is 0.990. The van der Waals surface area contributed by atoms with Crippen molar-refractivity contribution >= 4 is 23.8 Å². The molecule has 0 atom stereocenters. The molecule has 0 bridgehead atoms. The monoisotopic (exact) mass is 498 g/mol. The molecular weight excluding hydrogens is 471 g/mol. The maximum Gasteiger partial charge on any atom is 0.0893 e. The van der Waals surface area contributed by atoms with E-state index in [1.54, 1.807) is 0 Å². The van der Waals surface area contributed by atoms with Gasteiger partial charge in [-0.05, 0) is 60.0 Å². The molecular formula is C15H27F5P3Rh-. The fourth-order valence-corrected chi connectivity index (χ4v) is 0.495. The van der Waals surface area contributed by atoms with Crippen molar-refractivity contribution in [1.29, 1.82) is 0 Å². The number of hydrogen-bond donors (Lipinski definition) is 0. The summed E-state index contributed by atoms with van der Waals surface area (Å²) in [7, 11) is 1.14. The van der Waals surface area contributed by atoms with E-state index in [-0.39, 0.29) is 19.5 Å². The van der Waals surface area contributed by atoms with Gasteiger partial charge >= 0.3 is 0 Å². The summed E-state index contributed by atoms with van der Waals surface area (Å²) in [4.78, 5) is 0. The van der Waals surface area contributed by atoms with Crippen LogP contribution in [0.3, 0.4) is 0 Å². The van der Waals surface area contributed by atoms with Gasteiger partial charge in [-0.2, -0.15) is 0 Å². The molecule has 0 amide bonds. The minimum atomic E-state index is -2.17. The first-order valence-electron chi connectivity index (χ1n) is 6.47. The molecule has 0 saturated heterocycles. The number of hydrogen-bond acceptors (Lipinski definition) is 0. The minimum Gasteiger partial charge on any atom is -0.278 e. The summed E-state index contributed by atoms with van der Waals surface area (Å²) in [6.07, 6.45) is 0. The molecule has 24 heavy (non-hydrogen) atoms. The summed E-state index contributed by atoms with van der Waals surface area (Å²) in [5.74, 6) is -10.0. The molecule has 1 radical (unpaired) electrons. The van der Waals surface area contributed by atoms with E-state index in [1.165, 1.54) is 0 Å². The summed E-state index contributed by atoms with van der Waals surface area (Å²) in [6, 6.07) is 1.02. The molecule has 0 heterocycles. The van der Waals surface area contributed by atoms with E-state index >= 15 is 0 Å². The fourth-order valence-electron chi connectivity index (χ4n) is 0.495. The van der Waals surface area contributed by atoms with E-state index in [2.05, 4.69) is 60.0 Å². The third-order valence-electron chi connectivity index (χ3n) is 0.990. The van der Waals surface area contributed by atoms with Crippen molar-refractivity contribution < 1.29 is 41.4 Å². The van der Waals surface area contributed by atoms with Crippen molar-refractivity contribution in [1.82, 2.24) is 0 Å². The predicted molar refractivity (Wildman–Crippen MR) is 99.1 cm³/mol. The number of halogens is 5. The smallest absolute Gasteiger partial charge is 0.0893 e. The summed E-state index contributed by atoms with van der Waals surface area (Å²) >= 11 is 0. The van der Waals surface area contributed by atoms with Crippen LogP contribution >= 0.6 is 23.8 Å². The van der Waals surface area contributed by atoms with Gasteiger partial charge in [-0.15, -0.1) is 29.8 Å². The third kappa shape index (κ3) is 25.0. The quantitative estimate of drug-likeness (QED) is 0.0991. The minimum absolute atomic E-state index is 0.